The lowest BCUT2D eigenvalue weighted by Gasteiger charge is -2.06. The van der Waals surface area contributed by atoms with Gasteiger partial charge < -0.3 is 9.84 Å². The van der Waals surface area contributed by atoms with Crippen LogP contribution in [0.5, 0.6) is 11.5 Å². The van der Waals surface area contributed by atoms with Crippen molar-refractivity contribution in [3.63, 3.8) is 0 Å². The Morgan fingerprint density at radius 1 is 1.12 bits per heavy atom. The Morgan fingerprint density at radius 2 is 1.88 bits per heavy atom. The minimum atomic E-state index is 0.213. The van der Waals surface area contributed by atoms with E-state index in [1.165, 1.54) is 0 Å². The summed E-state index contributed by atoms with van der Waals surface area (Å²) in [7, 11) is 0. The molecule has 0 bridgehead atoms. The molecule has 0 spiro atoms. The van der Waals surface area contributed by atoms with Gasteiger partial charge in [0.15, 0.2) is 0 Å². The maximum Gasteiger partial charge on any atom is 0.123 e. The third kappa shape index (κ3) is 3.11. The van der Waals surface area contributed by atoms with Gasteiger partial charge in [0.05, 0.1) is 0 Å². The zero-order chi connectivity index (χ0) is 12.1. The molecule has 0 amide bonds. The van der Waals surface area contributed by atoms with Crippen LogP contribution < -0.4 is 4.74 Å². The van der Waals surface area contributed by atoms with Gasteiger partial charge in [0.1, 0.15) is 18.1 Å². The Bertz CT molecular complexity index is 501. The molecule has 0 aliphatic rings. The van der Waals surface area contributed by atoms with Crippen LogP contribution in [-0.4, -0.2) is 5.11 Å². The lowest BCUT2D eigenvalue weighted by molar-refractivity contribution is 0.304. The minimum Gasteiger partial charge on any atom is -0.508 e. The molecule has 0 radical (unpaired) electrons. The SMILES string of the molecule is C=Cc1ccc(COc2cccc(O)c2)cc1. The highest BCUT2D eigenvalue weighted by Crippen LogP contribution is 2.19. The molecule has 2 nitrogen and oxygen atoms in total. The second-order valence-corrected chi connectivity index (χ2v) is 3.73. The third-order valence-electron chi connectivity index (χ3n) is 2.44. The molecular formula is C15H14O2. The number of hydrogen-bond donors (Lipinski definition) is 1. The molecule has 86 valence electrons. The van der Waals surface area contributed by atoms with E-state index in [1.54, 1.807) is 24.3 Å². The first-order valence-corrected chi connectivity index (χ1v) is 5.41. The zero-order valence-electron chi connectivity index (χ0n) is 9.47. The molecule has 0 aliphatic heterocycles. The van der Waals surface area contributed by atoms with Crippen LogP contribution in [0.25, 0.3) is 6.08 Å². The van der Waals surface area contributed by atoms with Gasteiger partial charge in [0.25, 0.3) is 0 Å². The fourth-order valence-electron chi connectivity index (χ4n) is 1.49. The smallest absolute Gasteiger partial charge is 0.123 e. The summed E-state index contributed by atoms with van der Waals surface area (Å²) in [6.45, 7) is 4.19. The summed E-state index contributed by atoms with van der Waals surface area (Å²) in [6.07, 6.45) is 1.81. The average Bonchev–Trinajstić information content (AvgIpc) is 2.37. The van der Waals surface area contributed by atoms with Crippen LogP contribution in [0.2, 0.25) is 0 Å². The monoisotopic (exact) mass is 226 g/mol. The van der Waals surface area contributed by atoms with Gasteiger partial charge in [-0.3, -0.25) is 0 Å². The van der Waals surface area contributed by atoms with Crippen molar-refractivity contribution < 1.29 is 9.84 Å². The van der Waals surface area contributed by atoms with Crippen molar-refractivity contribution in [2.75, 3.05) is 0 Å². The predicted molar refractivity (Wildman–Crippen MR) is 69.0 cm³/mol. The van der Waals surface area contributed by atoms with Crippen molar-refractivity contribution in [1.82, 2.24) is 0 Å². The molecule has 0 atom stereocenters. The van der Waals surface area contributed by atoms with E-state index in [4.69, 9.17) is 4.74 Å². The van der Waals surface area contributed by atoms with Crippen LogP contribution in [0.1, 0.15) is 11.1 Å². The van der Waals surface area contributed by atoms with Gasteiger partial charge in [0.2, 0.25) is 0 Å². The topological polar surface area (TPSA) is 29.5 Å². The normalized spacial score (nSPS) is 9.88. The molecule has 0 aromatic heterocycles. The molecule has 2 aromatic carbocycles. The standard InChI is InChI=1S/C15H14O2/c1-2-12-6-8-13(9-7-12)11-17-15-5-3-4-14(16)10-15/h2-10,16H,1,11H2. The Balaban J connectivity index is 1.99. The molecule has 0 fully saturated rings. The molecular weight excluding hydrogens is 212 g/mol. The average molecular weight is 226 g/mol. The highest BCUT2D eigenvalue weighted by molar-refractivity contribution is 5.47. The maximum absolute atomic E-state index is 9.29. The number of phenolic OH excluding ortho intramolecular Hbond substituents is 1. The Labute approximate surface area is 101 Å². The van der Waals surface area contributed by atoms with Crippen molar-refractivity contribution >= 4 is 6.08 Å². The molecule has 0 aliphatic carbocycles. The van der Waals surface area contributed by atoms with Crippen molar-refractivity contribution in [2.45, 2.75) is 6.61 Å². The van der Waals surface area contributed by atoms with Gasteiger partial charge in [-0.15, -0.1) is 0 Å². The lowest BCUT2D eigenvalue weighted by Crippen LogP contribution is -1.94. The summed E-state index contributed by atoms with van der Waals surface area (Å²) in [5, 5.41) is 9.29. The number of rotatable bonds is 4. The summed E-state index contributed by atoms with van der Waals surface area (Å²) in [5.41, 5.74) is 2.17. The van der Waals surface area contributed by atoms with Crippen LogP contribution in [-0.2, 0) is 6.61 Å². The highest BCUT2D eigenvalue weighted by Gasteiger charge is 1.97. The van der Waals surface area contributed by atoms with Gasteiger partial charge >= 0.3 is 0 Å². The summed E-state index contributed by atoms with van der Waals surface area (Å²) in [4.78, 5) is 0. The fourth-order valence-corrected chi connectivity index (χ4v) is 1.49. The Kier molecular flexibility index (Phi) is 3.46. The lowest BCUT2D eigenvalue weighted by atomic mass is 10.1. The Hall–Kier alpha value is -2.22. The summed E-state index contributed by atoms with van der Waals surface area (Å²) < 4.78 is 5.56. The van der Waals surface area contributed by atoms with E-state index in [0.29, 0.717) is 12.4 Å². The van der Waals surface area contributed by atoms with E-state index < -0.39 is 0 Å². The summed E-state index contributed by atoms with van der Waals surface area (Å²) >= 11 is 0. The maximum atomic E-state index is 9.29. The van der Waals surface area contributed by atoms with E-state index in [-0.39, 0.29) is 5.75 Å². The zero-order valence-corrected chi connectivity index (χ0v) is 9.47. The van der Waals surface area contributed by atoms with Crippen molar-refractivity contribution in [3.8, 4) is 11.5 Å². The number of hydrogen-bond acceptors (Lipinski definition) is 2. The molecule has 2 heteroatoms. The third-order valence-corrected chi connectivity index (χ3v) is 2.44. The second kappa shape index (κ2) is 5.21. The predicted octanol–water partition coefficient (Wildman–Crippen LogP) is 3.61. The first kappa shape index (κ1) is 11.3. The molecule has 0 saturated carbocycles. The first-order chi connectivity index (χ1) is 8.28. The van der Waals surface area contributed by atoms with Crippen LogP contribution in [0.4, 0.5) is 0 Å². The second-order valence-electron chi connectivity index (χ2n) is 3.73. The molecule has 2 rings (SSSR count). The number of ether oxygens (including phenoxy) is 1. The largest absolute Gasteiger partial charge is 0.508 e. The highest BCUT2D eigenvalue weighted by atomic mass is 16.5. The van der Waals surface area contributed by atoms with Crippen molar-refractivity contribution in [2.24, 2.45) is 0 Å². The molecule has 2 aromatic rings. The van der Waals surface area contributed by atoms with Gasteiger partial charge in [-0.2, -0.15) is 0 Å². The summed E-state index contributed by atoms with van der Waals surface area (Å²) in [6, 6.07) is 14.8. The van der Waals surface area contributed by atoms with E-state index in [1.807, 2.05) is 30.3 Å². The minimum absolute atomic E-state index is 0.213. The van der Waals surface area contributed by atoms with Crippen LogP contribution in [0.3, 0.4) is 0 Å². The number of aromatic hydroxyl groups is 1. The van der Waals surface area contributed by atoms with E-state index >= 15 is 0 Å². The van der Waals surface area contributed by atoms with Crippen LogP contribution >= 0.6 is 0 Å². The van der Waals surface area contributed by atoms with E-state index in [9.17, 15) is 5.11 Å². The van der Waals surface area contributed by atoms with Crippen LogP contribution in [0, 0.1) is 0 Å². The fraction of sp³-hybridized carbons (Fsp3) is 0.0667. The van der Waals surface area contributed by atoms with E-state index in [2.05, 4.69) is 6.58 Å². The van der Waals surface area contributed by atoms with Gasteiger partial charge in [-0.1, -0.05) is 43.0 Å². The summed E-state index contributed by atoms with van der Waals surface area (Å²) in [5.74, 6) is 0.877. The molecule has 0 unspecified atom stereocenters. The molecule has 17 heavy (non-hydrogen) atoms. The van der Waals surface area contributed by atoms with Crippen molar-refractivity contribution in [1.29, 1.82) is 0 Å². The van der Waals surface area contributed by atoms with Crippen molar-refractivity contribution in [3.05, 3.63) is 66.2 Å². The van der Waals surface area contributed by atoms with Crippen LogP contribution in [0.15, 0.2) is 55.1 Å². The van der Waals surface area contributed by atoms with E-state index in [0.717, 1.165) is 11.1 Å². The number of benzene rings is 2. The molecule has 1 N–H and O–H groups in total. The van der Waals surface area contributed by atoms with Gasteiger partial charge in [-0.05, 0) is 23.3 Å². The first-order valence-electron chi connectivity index (χ1n) is 5.41. The molecule has 0 saturated heterocycles. The van der Waals surface area contributed by atoms with Gasteiger partial charge in [-0.25, -0.2) is 0 Å². The quantitative estimate of drug-likeness (QED) is 0.862. The molecule has 0 heterocycles. The Morgan fingerprint density at radius 3 is 2.53 bits per heavy atom. The number of phenols is 1. The van der Waals surface area contributed by atoms with Gasteiger partial charge in [0, 0.05) is 6.07 Å².